The van der Waals surface area contributed by atoms with Crippen molar-refractivity contribution in [3.63, 3.8) is 0 Å². The molecule has 1 aliphatic rings. The van der Waals surface area contributed by atoms with Gasteiger partial charge < -0.3 is 15.0 Å². The Morgan fingerprint density at radius 2 is 2.28 bits per heavy atom. The van der Waals surface area contributed by atoms with E-state index in [1.165, 1.54) is 11.3 Å². The van der Waals surface area contributed by atoms with E-state index in [-0.39, 0.29) is 0 Å². The van der Waals surface area contributed by atoms with Gasteiger partial charge in [-0.15, -0.1) is 0 Å². The van der Waals surface area contributed by atoms with Crippen molar-refractivity contribution in [2.24, 2.45) is 5.73 Å². The highest BCUT2D eigenvalue weighted by Crippen LogP contribution is 2.34. The van der Waals surface area contributed by atoms with Crippen molar-refractivity contribution < 1.29 is 4.74 Å². The van der Waals surface area contributed by atoms with E-state index in [1.54, 1.807) is 0 Å². The predicted molar refractivity (Wildman–Crippen MR) is 69.7 cm³/mol. The molecule has 1 unspecified atom stereocenters. The minimum atomic E-state index is 0.319. The highest BCUT2D eigenvalue weighted by molar-refractivity contribution is 5.38. The third-order valence-corrected chi connectivity index (χ3v) is 3.41. The molecule has 0 saturated carbocycles. The van der Waals surface area contributed by atoms with Crippen LogP contribution in [0.2, 0.25) is 0 Å². The first-order valence-electron chi connectivity index (χ1n) is 6.32. The molecule has 0 saturated heterocycles. The fraction of sp³-hybridized carbons (Fsp3) is 0.357. The molecule has 0 bridgehead atoms. The molecule has 0 radical (unpaired) electrons. The number of fused-ring (bicyclic) bond motifs is 1. The van der Waals surface area contributed by atoms with Gasteiger partial charge in [0, 0.05) is 30.3 Å². The van der Waals surface area contributed by atoms with E-state index in [0.29, 0.717) is 12.6 Å². The first-order chi connectivity index (χ1) is 8.90. The van der Waals surface area contributed by atoms with E-state index in [9.17, 15) is 0 Å². The number of ether oxygens (including phenoxy) is 1. The van der Waals surface area contributed by atoms with Crippen LogP contribution in [0.5, 0.6) is 5.75 Å². The smallest absolute Gasteiger partial charge is 0.124 e. The van der Waals surface area contributed by atoms with Gasteiger partial charge in [0.15, 0.2) is 0 Å². The molecule has 4 heteroatoms. The summed E-state index contributed by atoms with van der Waals surface area (Å²) in [6, 6.07) is 8.54. The number of nitrogens with two attached hydrogens (primary N) is 1. The Kier molecular flexibility index (Phi) is 3.02. The topological polar surface area (TPSA) is 53.1 Å². The molecule has 3 rings (SSSR count). The summed E-state index contributed by atoms with van der Waals surface area (Å²) in [7, 11) is 0. The van der Waals surface area contributed by atoms with E-state index in [2.05, 4.69) is 21.7 Å². The molecule has 94 valence electrons. The SMILES string of the molecule is NCCc1cncn1C1CCOc2ccccc21. The predicted octanol–water partition coefficient (Wildman–Crippen LogP) is 1.76. The Labute approximate surface area is 106 Å². The molecule has 18 heavy (non-hydrogen) atoms. The zero-order valence-corrected chi connectivity index (χ0v) is 10.2. The Hall–Kier alpha value is -1.81. The molecule has 0 amide bonds. The summed E-state index contributed by atoms with van der Waals surface area (Å²) < 4.78 is 7.92. The number of para-hydroxylation sites is 1. The molecule has 0 spiro atoms. The number of hydrogen-bond acceptors (Lipinski definition) is 3. The van der Waals surface area contributed by atoms with Crippen LogP contribution in [0.15, 0.2) is 36.8 Å². The van der Waals surface area contributed by atoms with E-state index in [0.717, 1.165) is 25.2 Å². The number of hydrogen-bond donors (Lipinski definition) is 1. The highest BCUT2D eigenvalue weighted by atomic mass is 16.5. The summed E-state index contributed by atoms with van der Waals surface area (Å²) in [5, 5.41) is 0. The highest BCUT2D eigenvalue weighted by Gasteiger charge is 2.23. The van der Waals surface area contributed by atoms with Gasteiger partial charge in [-0.1, -0.05) is 18.2 Å². The molecule has 2 N–H and O–H groups in total. The van der Waals surface area contributed by atoms with Gasteiger partial charge in [-0.3, -0.25) is 0 Å². The number of aromatic nitrogens is 2. The molecular formula is C14H17N3O. The van der Waals surface area contributed by atoms with Crippen LogP contribution in [-0.4, -0.2) is 22.7 Å². The van der Waals surface area contributed by atoms with Crippen LogP contribution < -0.4 is 10.5 Å². The van der Waals surface area contributed by atoms with Gasteiger partial charge in [-0.2, -0.15) is 0 Å². The van der Waals surface area contributed by atoms with Crippen molar-refractivity contribution in [2.45, 2.75) is 18.9 Å². The van der Waals surface area contributed by atoms with Crippen LogP contribution >= 0.6 is 0 Å². The quantitative estimate of drug-likeness (QED) is 0.893. The van der Waals surface area contributed by atoms with Crippen molar-refractivity contribution in [2.75, 3.05) is 13.2 Å². The van der Waals surface area contributed by atoms with Crippen molar-refractivity contribution in [1.82, 2.24) is 9.55 Å². The molecule has 4 nitrogen and oxygen atoms in total. The Balaban J connectivity index is 2.00. The molecule has 1 aromatic carbocycles. The molecular weight excluding hydrogens is 226 g/mol. The third kappa shape index (κ3) is 1.88. The summed E-state index contributed by atoms with van der Waals surface area (Å²) >= 11 is 0. The monoisotopic (exact) mass is 243 g/mol. The van der Waals surface area contributed by atoms with Crippen LogP contribution in [0.1, 0.15) is 23.7 Å². The second kappa shape index (κ2) is 4.82. The fourth-order valence-corrected chi connectivity index (χ4v) is 2.57. The van der Waals surface area contributed by atoms with Crippen LogP contribution in [0, 0.1) is 0 Å². The summed E-state index contributed by atoms with van der Waals surface area (Å²) in [5.74, 6) is 0.987. The average Bonchev–Trinajstić information content (AvgIpc) is 2.87. The van der Waals surface area contributed by atoms with Crippen LogP contribution in [0.3, 0.4) is 0 Å². The van der Waals surface area contributed by atoms with Gasteiger partial charge in [0.05, 0.1) is 19.0 Å². The van der Waals surface area contributed by atoms with Gasteiger partial charge in [0.25, 0.3) is 0 Å². The lowest BCUT2D eigenvalue weighted by atomic mass is 10.00. The second-order valence-electron chi connectivity index (χ2n) is 4.52. The van der Waals surface area contributed by atoms with Crippen molar-refractivity contribution in [1.29, 1.82) is 0 Å². The molecule has 1 atom stereocenters. The van der Waals surface area contributed by atoms with E-state index >= 15 is 0 Å². The Morgan fingerprint density at radius 1 is 1.39 bits per heavy atom. The van der Waals surface area contributed by atoms with Gasteiger partial charge in [0.2, 0.25) is 0 Å². The summed E-state index contributed by atoms with van der Waals surface area (Å²) in [6.07, 6.45) is 5.65. The Bertz CT molecular complexity index is 535. The lowest BCUT2D eigenvalue weighted by Crippen LogP contribution is -2.21. The largest absolute Gasteiger partial charge is 0.493 e. The maximum atomic E-state index is 5.69. The van der Waals surface area contributed by atoms with Crippen molar-refractivity contribution in [3.8, 4) is 5.75 Å². The number of nitrogens with zero attached hydrogens (tertiary/aromatic N) is 2. The average molecular weight is 243 g/mol. The maximum Gasteiger partial charge on any atom is 0.124 e. The molecule has 1 aliphatic heterocycles. The summed E-state index contributed by atoms with van der Waals surface area (Å²) in [5.41, 5.74) is 8.08. The Morgan fingerprint density at radius 3 is 3.17 bits per heavy atom. The standard InChI is InChI=1S/C14H17N3O/c15-7-5-11-9-16-10-17(11)13-6-8-18-14-4-2-1-3-12(13)14/h1-4,9-10,13H,5-8,15H2. The molecule has 0 aliphatic carbocycles. The van der Waals surface area contributed by atoms with Crippen molar-refractivity contribution >= 4 is 0 Å². The number of benzene rings is 1. The minimum absolute atomic E-state index is 0.319. The second-order valence-corrected chi connectivity index (χ2v) is 4.52. The number of imidazole rings is 1. The molecule has 1 aromatic heterocycles. The van der Waals surface area contributed by atoms with Gasteiger partial charge in [0.1, 0.15) is 5.75 Å². The van der Waals surface area contributed by atoms with E-state index in [4.69, 9.17) is 10.5 Å². The lowest BCUT2D eigenvalue weighted by Gasteiger charge is -2.28. The summed E-state index contributed by atoms with van der Waals surface area (Å²) in [6.45, 7) is 1.40. The van der Waals surface area contributed by atoms with E-state index < -0.39 is 0 Å². The fourth-order valence-electron chi connectivity index (χ4n) is 2.57. The first kappa shape index (κ1) is 11.3. The normalized spacial score (nSPS) is 18.2. The van der Waals surface area contributed by atoms with Gasteiger partial charge in [-0.25, -0.2) is 4.98 Å². The third-order valence-electron chi connectivity index (χ3n) is 3.41. The molecule has 2 heterocycles. The van der Waals surface area contributed by atoms with Crippen LogP contribution in [-0.2, 0) is 6.42 Å². The minimum Gasteiger partial charge on any atom is -0.493 e. The summed E-state index contributed by atoms with van der Waals surface area (Å²) in [4.78, 5) is 4.26. The first-order valence-corrected chi connectivity index (χ1v) is 6.32. The maximum absolute atomic E-state index is 5.69. The van der Waals surface area contributed by atoms with Gasteiger partial charge >= 0.3 is 0 Å². The number of rotatable bonds is 3. The van der Waals surface area contributed by atoms with Crippen LogP contribution in [0.25, 0.3) is 0 Å². The molecule has 2 aromatic rings. The van der Waals surface area contributed by atoms with E-state index in [1.807, 2.05) is 24.7 Å². The van der Waals surface area contributed by atoms with Gasteiger partial charge in [-0.05, 0) is 12.6 Å². The molecule has 0 fully saturated rings. The zero-order chi connectivity index (χ0) is 12.4. The zero-order valence-electron chi connectivity index (χ0n) is 10.2. The van der Waals surface area contributed by atoms with Crippen LogP contribution in [0.4, 0.5) is 0 Å². The van der Waals surface area contributed by atoms with Crippen molar-refractivity contribution in [3.05, 3.63) is 48.0 Å². The lowest BCUT2D eigenvalue weighted by molar-refractivity contribution is 0.255.